The number of hydrogen-bond acceptors (Lipinski definition) is 5. The summed E-state index contributed by atoms with van der Waals surface area (Å²) in [5, 5.41) is 0. The molecule has 0 unspecified atom stereocenters. The molecule has 0 aliphatic carbocycles. The lowest BCUT2D eigenvalue weighted by Gasteiger charge is -2.09. The molecule has 3 heterocycles. The van der Waals surface area contributed by atoms with Crippen LogP contribution in [0, 0.1) is 0 Å². The molecular weight excluding hydrogens is 347 g/mol. The smallest absolute Gasteiger partial charge is 0.416 e. The SMILES string of the molecule is NNc1ccc(-c2c(-c3cccc(C(F)(F)F)c3)nc3occn23)cn1. The van der Waals surface area contributed by atoms with Crippen molar-refractivity contribution in [1.29, 1.82) is 0 Å². The van der Waals surface area contributed by atoms with Crippen LogP contribution < -0.4 is 11.3 Å². The van der Waals surface area contributed by atoms with Crippen LogP contribution in [0.1, 0.15) is 5.56 Å². The van der Waals surface area contributed by atoms with E-state index < -0.39 is 11.7 Å². The third-order valence-corrected chi connectivity index (χ3v) is 3.91. The van der Waals surface area contributed by atoms with E-state index in [1.165, 1.54) is 12.3 Å². The van der Waals surface area contributed by atoms with Gasteiger partial charge in [-0.1, -0.05) is 12.1 Å². The van der Waals surface area contributed by atoms with Gasteiger partial charge in [-0.05, 0) is 24.3 Å². The number of pyridine rings is 1. The van der Waals surface area contributed by atoms with E-state index in [4.69, 9.17) is 10.3 Å². The Bertz CT molecular complexity index is 1070. The zero-order valence-corrected chi connectivity index (χ0v) is 13.2. The van der Waals surface area contributed by atoms with E-state index in [0.717, 1.165) is 12.1 Å². The minimum atomic E-state index is -4.44. The summed E-state index contributed by atoms with van der Waals surface area (Å²) < 4.78 is 46.1. The first-order chi connectivity index (χ1) is 12.5. The molecule has 26 heavy (non-hydrogen) atoms. The van der Waals surface area contributed by atoms with Crippen molar-refractivity contribution in [3.63, 3.8) is 0 Å². The van der Waals surface area contributed by atoms with Crippen molar-refractivity contribution in [2.45, 2.75) is 6.18 Å². The maximum atomic E-state index is 13.1. The van der Waals surface area contributed by atoms with Gasteiger partial charge in [0.2, 0.25) is 0 Å². The average Bonchev–Trinajstić information content (AvgIpc) is 3.22. The Morgan fingerprint density at radius 1 is 1.12 bits per heavy atom. The highest BCUT2D eigenvalue weighted by atomic mass is 19.4. The van der Waals surface area contributed by atoms with Gasteiger partial charge >= 0.3 is 12.0 Å². The van der Waals surface area contributed by atoms with Crippen LogP contribution in [0.2, 0.25) is 0 Å². The molecule has 0 saturated carbocycles. The fourth-order valence-corrected chi connectivity index (χ4v) is 2.72. The molecule has 0 fully saturated rings. The van der Waals surface area contributed by atoms with E-state index in [-0.39, 0.29) is 5.84 Å². The van der Waals surface area contributed by atoms with Gasteiger partial charge in [-0.15, -0.1) is 0 Å². The number of hydrazine groups is 1. The van der Waals surface area contributed by atoms with Gasteiger partial charge in [0.1, 0.15) is 17.8 Å². The number of aromatic nitrogens is 3. The number of rotatable bonds is 3. The van der Waals surface area contributed by atoms with Crippen molar-refractivity contribution >= 4 is 11.7 Å². The standard InChI is InChI=1S/C17H12F3N5O/c18-17(19,20)12-3-1-2-10(8-12)14-15(25-6-7-26-16(25)23-14)11-4-5-13(24-21)22-9-11/h1-9H,21H2,(H,22,24). The number of anilines is 1. The first-order valence-electron chi connectivity index (χ1n) is 7.53. The van der Waals surface area contributed by atoms with Crippen LogP contribution in [-0.4, -0.2) is 14.4 Å². The van der Waals surface area contributed by atoms with Crippen LogP contribution in [-0.2, 0) is 6.18 Å². The highest BCUT2D eigenvalue weighted by Crippen LogP contribution is 2.36. The second-order valence-electron chi connectivity index (χ2n) is 5.52. The summed E-state index contributed by atoms with van der Waals surface area (Å²) in [7, 11) is 0. The number of halogens is 3. The van der Waals surface area contributed by atoms with Crippen LogP contribution >= 0.6 is 0 Å². The van der Waals surface area contributed by atoms with E-state index in [9.17, 15) is 13.2 Å². The molecule has 0 aliphatic rings. The highest BCUT2D eigenvalue weighted by Gasteiger charge is 2.31. The number of benzene rings is 1. The first-order valence-corrected chi connectivity index (χ1v) is 7.53. The van der Waals surface area contributed by atoms with Gasteiger partial charge in [0.15, 0.2) is 0 Å². The van der Waals surface area contributed by atoms with E-state index in [0.29, 0.717) is 28.3 Å². The molecule has 0 atom stereocenters. The summed E-state index contributed by atoms with van der Waals surface area (Å²) in [6.45, 7) is 0. The van der Waals surface area contributed by atoms with Crippen molar-refractivity contribution in [2.24, 2.45) is 5.84 Å². The summed E-state index contributed by atoms with van der Waals surface area (Å²) in [6, 6.07) is 8.41. The molecule has 0 spiro atoms. The summed E-state index contributed by atoms with van der Waals surface area (Å²) in [6.07, 6.45) is 0.211. The van der Waals surface area contributed by atoms with Crippen LogP contribution in [0.25, 0.3) is 28.4 Å². The Morgan fingerprint density at radius 3 is 2.65 bits per heavy atom. The monoisotopic (exact) mass is 359 g/mol. The molecule has 3 N–H and O–H groups in total. The summed E-state index contributed by atoms with van der Waals surface area (Å²) in [4.78, 5) is 8.49. The number of hydrogen-bond donors (Lipinski definition) is 2. The molecule has 4 aromatic rings. The minimum Gasteiger partial charge on any atom is -0.432 e. The highest BCUT2D eigenvalue weighted by molar-refractivity contribution is 5.81. The molecule has 0 radical (unpaired) electrons. The largest absolute Gasteiger partial charge is 0.432 e. The van der Waals surface area contributed by atoms with Gasteiger partial charge < -0.3 is 9.84 Å². The van der Waals surface area contributed by atoms with E-state index in [1.54, 1.807) is 35.0 Å². The number of nitrogens with one attached hydrogen (secondary N) is 1. The lowest BCUT2D eigenvalue weighted by molar-refractivity contribution is -0.137. The van der Waals surface area contributed by atoms with Crippen molar-refractivity contribution in [2.75, 3.05) is 5.43 Å². The number of alkyl halides is 3. The maximum absolute atomic E-state index is 13.1. The normalized spacial score (nSPS) is 11.8. The predicted octanol–water partition coefficient (Wildman–Crippen LogP) is 3.96. The lowest BCUT2D eigenvalue weighted by atomic mass is 10.0. The Balaban J connectivity index is 1.92. The summed E-state index contributed by atoms with van der Waals surface area (Å²) in [5.41, 5.74) is 3.61. The van der Waals surface area contributed by atoms with Crippen molar-refractivity contribution in [3.05, 3.63) is 60.6 Å². The van der Waals surface area contributed by atoms with E-state index >= 15 is 0 Å². The number of nitrogens with zero attached hydrogens (tertiary/aromatic N) is 3. The summed E-state index contributed by atoms with van der Waals surface area (Å²) in [5.74, 6) is 6.05. The van der Waals surface area contributed by atoms with Gasteiger partial charge in [0.25, 0.3) is 0 Å². The molecule has 6 nitrogen and oxygen atoms in total. The third kappa shape index (κ3) is 2.68. The Kier molecular flexibility index (Phi) is 3.66. The number of imidazole rings is 1. The molecule has 132 valence electrons. The number of oxazole rings is 1. The molecule has 3 aromatic heterocycles. The van der Waals surface area contributed by atoms with Crippen LogP contribution in [0.3, 0.4) is 0 Å². The van der Waals surface area contributed by atoms with Gasteiger partial charge in [0.05, 0.1) is 11.3 Å². The molecule has 1 aromatic carbocycles. The molecule has 0 aliphatic heterocycles. The number of nitrogen functional groups attached to an aromatic ring is 1. The Morgan fingerprint density at radius 2 is 1.96 bits per heavy atom. The fraction of sp³-hybridized carbons (Fsp3) is 0.0588. The molecule has 0 amide bonds. The average molecular weight is 359 g/mol. The maximum Gasteiger partial charge on any atom is 0.416 e. The molecule has 0 saturated heterocycles. The van der Waals surface area contributed by atoms with Crippen molar-refractivity contribution < 1.29 is 17.6 Å². The zero-order valence-electron chi connectivity index (χ0n) is 13.2. The van der Waals surface area contributed by atoms with Crippen LogP contribution in [0.15, 0.2) is 59.5 Å². The van der Waals surface area contributed by atoms with Gasteiger partial charge in [-0.25, -0.2) is 10.8 Å². The van der Waals surface area contributed by atoms with Crippen LogP contribution in [0.5, 0.6) is 0 Å². The quantitative estimate of drug-likeness (QED) is 0.427. The topological polar surface area (TPSA) is 81.4 Å². The fourth-order valence-electron chi connectivity index (χ4n) is 2.72. The Hall–Kier alpha value is -3.33. The number of nitrogens with two attached hydrogens (primary N) is 1. The third-order valence-electron chi connectivity index (χ3n) is 3.91. The first kappa shape index (κ1) is 16.2. The van der Waals surface area contributed by atoms with Crippen LogP contribution in [0.4, 0.5) is 19.0 Å². The molecular formula is C17H12F3N5O. The second kappa shape index (κ2) is 5.88. The van der Waals surface area contributed by atoms with Gasteiger partial charge in [-0.3, -0.25) is 4.40 Å². The second-order valence-corrected chi connectivity index (χ2v) is 5.52. The predicted molar refractivity (Wildman–Crippen MR) is 88.9 cm³/mol. The van der Waals surface area contributed by atoms with Gasteiger partial charge in [-0.2, -0.15) is 18.2 Å². The van der Waals surface area contributed by atoms with Crippen molar-refractivity contribution in [1.82, 2.24) is 14.4 Å². The van der Waals surface area contributed by atoms with Crippen molar-refractivity contribution in [3.8, 4) is 22.5 Å². The van der Waals surface area contributed by atoms with E-state index in [2.05, 4.69) is 15.4 Å². The lowest BCUT2D eigenvalue weighted by Crippen LogP contribution is -2.08. The van der Waals surface area contributed by atoms with Gasteiger partial charge in [0, 0.05) is 23.5 Å². The minimum absolute atomic E-state index is 0.272. The molecule has 9 heteroatoms. The molecule has 4 rings (SSSR count). The zero-order chi connectivity index (χ0) is 18.3. The Labute approximate surface area is 145 Å². The number of fused-ring (bicyclic) bond motifs is 1. The van der Waals surface area contributed by atoms with E-state index in [1.807, 2.05) is 0 Å². The molecule has 0 bridgehead atoms. The summed E-state index contributed by atoms with van der Waals surface area (Å²) >= 11 is 0.